The number of hydrogen-bond acceptors (Lipinski definition) is 4. The van der Waals surface area contributed by atoms with E-state index >= 15 is 0 Å². The van der Waals surface area contributed by atoms with Gasteiger partial charge in [0.25, 0.3) is 0 Å². The molecule has 0 bridgehead atoms. The van der Waals surface area contributed by atoms with Gasteiger partial charge >= 0.3 is 0 Å². The minimum Gasteiger partial charge on any atom is -0.493 e. The molecule has 4 nitrogen and oxygen atoms in total. The topological polar surface area (TPSA) is 42.7 Å². The fraction of sp³-hybridized carbons (Fsp3) is 0.500. The quantitative estimate of drug-likeness (QED) is 0.767. The summed E-state index contributed by atoms with van der Waals surface area (Å²) in [5, 5.41) is 0.543. The van der Waals surface area contributed by atoms with Crippen LogP contribution in [0.25, 0.3) is 11.0 Å². The zero-order chi connectivity index (χ0) is 15.2. The highest BCUT2D eigenvalue weighted by Crippen LogP contribution is 2.22. The van der Waals surface area contributed by atoms with Crippen LogP contribution in [-0.4, -0.2) is 31.1 Å². The van der Waals surface area contributed by atoms with E-state index in [1.165, 1.54) is 44.7 Å². The van der Waals surface area contributed by atoms with Crippen LogP contribution in [0.15, 0.2) is 39.7 Å². The number of nitrogens with zero attached hydrogens (tertiary/aromatic N) is 1. The number of fused-ring (bicyclic) bond motifs is 1. The molecule has 1 fully saturated rings. The van der Waals surface area contributed by atoms with Gasteiger partial charge in [-0.1, -0.05) is 12.5 Å². The standard InChI is InChI=1S/C18H23NO3/c20-15-9-14-22-17-8-6-7-16(18(15)17)21-13-5-4-12-19-10-2-1-3-11-19/h6-9,14H,1-5,10-13H2. The maximum absolute atomic E-state index is 11.9. The summed E-state index contributed by atoms with van der Waals surface area (Å²) in [7, 11) is 0. The van der Waals surface area contributed by atoms with Gasteiger partial charge in [0.2, 0.25) is 0 Å². The maximum Gasteiger partial charge on any atom is 0.196 e. The third kappa shape index (κ3) is 3.69. The van der Waals surface area contributed by atoms with Gasteiger partial charge in [0.1, 0.15) is 16.7 Å². The van der Waals surface area contributed by atoms with Crippen LogP contribution in [-0.2, 0) is 0 Å². The van der Waals surface area contributed by atoms with Crippen molar-refractivity contribution in [3.8, 4) is 5.75 Å². The van der Waals surface area contributed by atoms with E-state index < -0.39 is 0 Å². The Labute approximate surface area is 130 Å². The van der Waals surface area contributed by atoms with E-state index in [0.717, 1.165) is 19.4 Å². The molecule has 4 heteroatoms. The van der Waals surface area contributed by atoms with Crippen molar-refractivity contribution < 1.29 is 9.15 Å². The Morgan fingerprint density at radius 1 is 1.09 bits per heavy atom. The average Bonchev–Trinajstić information content (AvgIpc) is 2.56. The van der Waals surface area contributed by atoms with Crippen LogP contribution in [0, 0.1) is 0 Å². The summed E-state index contributed by atoms with van der Waals surface area (Å²) in [6.45, 7) is 4.28. The van der Waals surface area contributed by atoms with E-state index in [0.29, 0.717) is 23.3 Å². The van der Waals surface area contributed by atoms with Crippen LogP contribution in [0.4, 0.5) is 0 Å². The third-order valence-corrected chi connectivity index (χ3v) is 4.22. The van der Waals surface area contributed by atoms with Crippen LogP contribution in [0.3, 0.4) is 0 Å². The average molecular weight is 301 g/mol. The second kappa shape index (κ2) is 7.45. The molecule has 0 radical (unpaired) electrons. The lowest BCUT2D eigenvalue weighted by atomic mass is 10.1. The molecule has 3 rings (SSSR count). The largest absolute Gasteiger partial charge is 0.493 e. The Morgan fingerprint density at radius 3 is 2.82 bits per heavy atom. The predicted molar refractivity (Wildman–Crippen MR) is 87.5 cm³/mol. The van der Waals surface area contributed by atoms with E-state index in [1.807, 2.05) is 12.1 Å². The Bertz CT molecular complexity index is 653. The molecule has 22 heavy (non-hydrogen) atoms. The summed E-state index contributed by atoms with van der Waals surface area (Å²) < 4.78 is 11.2. The Kier molecular flexibility index (Phi) is 5.11. The van der Waals surface area contributed by atoms with Gasteiger partial charge in [0.15, 0.2) is 5.43 Å². The molecule has 1 aromatic heterocycles. The minimum atomic E-state index is -0.0508. The second-order valence-electron chi connectivity index (χ2n) is 5.87. The fourth-order valence-electron chi connectivity index (χ4n) is 3.03. The summed E-state index contributed by atoms with van der Waals surface area (Å²) in [6.07, 6.45) is 7.62. The molecule has 1 saturated heterocycles. The van der Waals surface area contributed by atoms with Gasteiger partial charge in [0.05, 0.1) is 12.9 Å². The number of likely N-dealkylation sites (tertiary alicyclic amines) is 1. The number of benzene rings is 1. The number of piperidine rings is 1. The molecule has 0 N–H and O–H groups in total. The first kappa shape index (κ1) is 15.1. The first-order valence-electron chi connectivity index (χ1n) is 8.20. The monoisotopic (exact) mass is 301 g/mol. The predicted octanol–water partition coefficient (Wildman–Crippen LogP) is 3.44. The van der Waals surface area contributed by atoms with Crippen molar-refractivity contribution in [3.63, 3.8) is 0 Å². The molecule has 1 aromatic carbocycles. The molecule has 118 valence electrons. The van der Waals surface area contributed by atoms with E-state index in [4.69, 9.17) is 9.15 Å². The molecule has 2 aromatic rings. The van der Waals surface area contributed by atoms with E-state index in [2.05, 4.69) is 4.90 Å². The van der Waals surface area contributed by atoms with Crippen molar-refractivity contribution in [2.75, 3.05) is 26.2 Å². The summed E-state index contributed by atoms with van der Waals surface area (Å²) >= 11 is 0. The number of rotatable bonds is 6. The van der Waals surface area contributed by atoms with Crippen molar-refractivity contribution in [2.24, 2.45) is 0 Å². The van der Waals surface area contributed by atoms with Crippen LogP contribution in [0.2, 0.25) is 0 Å². The Hall–Kier alpha value is -1.81. The normalized spacial score (nSPS) is 16.0. The highest BCUT2D eigenvalue weighted by atomic mass is 16.5. The molecule has 0 aliphatic carbocycles. The molecule has 1 aliphatic rings. The summed E-state index contributed by atoms with van der Waals surface area (Å²) in [4.78, 5) is 14.5. The van der Waals surface area contributed by atoms with Gasteiger partial charge in [0, 0.05) is 6.07 Å². The van der Waals surface area contributed by atoms with Crippen LogP contribution < -0.4 is 10.2 Å². The highest BCUT2D eigenvalue weighted by molar-refractivity contribution is 5.82. The molecule has 2 heterocycles. The van der Waals surface area contributed by atoms with E-state index in [1.54, 1.807) is 6.07 Å². The van der Waals surface area contributed by atoms with Crippen molar-refractivity contribution in [3.05, 3.63) is 40.8 Å². The van der Waals surface area contributed by atoms with Crippen molar-refractivity contribution in [1.82, 2.24) is 4.90 Å². The van der Waals surface area contributed by atoms with Gasteiger partial charge in [-0.15, -0.1) is 0 Å². The lowest BCUT2D eigenvalue weighted by Gasteiger charge is -2.26. The van der Waals surface area contributed by atoms with Crippen LogP contribution in [0.1, 0.15) is 32.1 Å². The lowest BCUT2D eigenvalue weighted by molar-refractivity contribution is 0.216. The minimum absolute atomic E-state index is 0.0508. The Balaban J connectivity index is 1.50. The van der Waals surface area contributed by atoms with Crippen LogP contribution >= 0.6 is 0 Å². The lowest BCUT2D eigenvalue weighted by Crippen LogP contribution is -2.30. The first-order valence-corrected chi connectivity index (χ1v) is 8.20. The second-order valence-corrected chi connectivity index (χ2v) is 5.87. The fourth-order valence-corrected chi connectivity index (χ4v) is 3.03. The molecule has 0 atom stereocenters. The molecular formula is C18H23NO3. The van der Waals surface area contributed by atoms with Gasteiger partial charge in [-0.05, 0) is 57.5 Å². The summed E-state index contributed by atoms with van der Waals surface area (Å²) in [5.41, 5.74) is 0.531. The van der Waals surface area contributed by atoms with E-state index in [9.17, 15) is 4.79 Å². The molecule has 0 amide bonds. The SMILES string of the molecule is O=c1ccoc2cccc(OCCCCN3CCCCC3)c12. The molecule has 0 spiro atoms. The van der Waals surface area contributed by atoms with Gasteiger partial charge in [-0.25, -0.2) is 0 Å². The van der Waals surface area contributed by atoms with Crippen molar-refractivity contribution in [1.29, 1.82) is 0 Å². The molecule has 1 aliphatic heterocycles. The zero-order valence-electron chi connectivity index (χ0n) is 12.9. The third-order valence-electron chi connectivity index (χ3n) is 4.22. The van der Waals surface area contributed by atoms with Gasteiger partial charge in [-0.3, -0.25) is 4.79 Å². The van der Waals surface area contributed by atoms with Crippen LogP contribution in [0.5, 0.6) is 5.75 Å². The number of hydrogen-bond donors (Lipinski definition) is 0. The number of ether oxygens (including phenoxy) is 1. The smallest absolute Gasteiger partial charge is 0.196 e. The maximum atomic E-state index is 11.9. The summed E-state index contributed by atoms with van der Waals surface area (Å²) in [6, 6.07) is 6.92. The highest BCUT2D eigenvalue weighted by Gasteiger charge is 2.10. The van der Waals surface area contributed by atoms with Crippen molar-refractivity contribution >= 4 is 11.0 Å². The molecule has 0 saturated carbocycles. The van der Waals surface area contributed by atoms with Crippen molar-refractivity contribution in [2.45, 2.75) is 32.1 Å². The van der Waals surface area contributed by atoms with Gasteiger partial charge in [-0.2, -0.15) is 0 Å². The zero-order valence-corrected chi connectivity index (χ0v) is 12.9. The van der Waals surface area contributed by atoms with Gasteiger partial charge < -0.3 is 14.1 Å². The summed E-state index contributed by atoms with van der Waals surface area (Å²) in [5.74, 6) is 0.629. The first-order chi connectivity index (χ1) is 10.8. The molecule has 0 unspecified atom stereocenters. The molecular weight excluding hydrogens is 278 g/mol. The number of unbranched alkanes of at least 4 members (excludes halogenated alkanes) is 1. The van der Waals surface area contributed by atoms with E-state index in [-0.39, 0.29) is 5.43 Å². The Morgan fingerprint density at radius 2 is 1.95 bits per heavy atom.